The van der Waals surface area contributed by atoms with Crippen molar-refractivity contribution in [2.75, 3.05) is 0 Å². The molecule has 0 aliphatic heterocycles. The average molecular weight is 325 g/mol. The second-order valence-corrected chi connectivity index (χ2v) is 6.52. The van der Waals surface area contributed by atoms with Crippen molar-refractivity contribution in [3.63, 3.8) is 0 Å². The van der Waals surface area contributed by atoms with E-state index in [2.05, 4.69) is 0 Å². The smallest absolute Gasteiger partial charge is 0.321 e. The summed E-state index contributed by atoms with van der Waals surface area (Å²) in [4.78, 5) is 9.85. The summed E-state index contributed by atoms with van der Waals surface area (Å²) in [7, 11) is -4.63. The van der Waals surface area contributed by atoms with Gasteiger partial charge in [-0.05, 0) is 18.4 Å². The molecule has 9 heteroatoms. The third-order valence-electron chi connectivity index (χ3n) is 2.57. The lowest BCUT2D eigenvalue weighted by Gasteiger charge is -2.17. The van der Waals surface area contributed by atoms with Crippen LogP contribution in [0.1, 0.15) is 20.3 Å². The normalized spacial score (nSPS) is 13.4. The van der Waals surface area contributed by atoms with Crippen molar-refractivity contribution < 1.29 is 31.5 Å². The number of aliphatic carboxylic acids is 1. The molecule has 0 fully saturated rings. The van der Waals surface area contributed by atoms with Gasteiger partial charge in [0.05, 0.1) is 0 Å². The Kier molecular flexibility index (Phi) is 5.35. The van der Waals surface area contributed by atoms with E-state index in [0.717, 1.165) is 0 Å². The summed E-state index contributed by atoms with van der Waals surface area (Å²) in [6.07, 6.45) is -0.0418. The first-order chi connectivity index (χ1) is 9.54. The lowest BCUT2D eigenvalue weighted by atomic mass is 10.1. The largest absolute Gasteiger partial charge is 0.480 e. The molecule has 0 aliphatic rings. The fraction of sp³-hybridized carbons (Fsp3) is 0.417. The molecule has 1 rings (SSSR count). The van der Waals surface area contributed by atoms with E-state index in [-0.39, 0.29) is 24.5 Å². The molecule has 0 saturated heterocycles. The molecule has 0 aromatic heterocycles. The number of rotatable bonds is 6. The third-order valence-corrected chi connectivity index (χ3v) is 4.05. The zero-order valence-corrected chi connectivity index (χ0v) is 12.0. The first-order valence-electron chi connectivity index (χ1n) is 5.94. The number of hydrogen-bond acceptors (Lipinski definition) is 3. The third kappa shape index (κ3) is 4.43. The Labute approximate surface area is 119 Å². The molecule has 1 aromatic rings. The Morgan fingerprint density at radius 2 is 1.71 bits per heavy atom. The molecule has 0 aliphatic carbocycles. The molecule has 2 N–H and O–H groups in total. The fourth-order valence-corrected chi connectivity index (χ4v) is 2.90. The van der Waals surface area contributed by atoms with E-state index in [1.54, 1.807) is 18.6 Å². The summed E-state index contributed by atoms with van der Waals surface area (Å²) in [5.74, 6) is -6.19. The highest BCUT2D eigenvalue weighted by atomic mass is 32.2. The van der Waals surface area contributed by atoms with Crippen LogP contribution in [-0.4, -0.2) is 25.5 Å². The van der Waals surface area contributed by atoms with Crippen LogP contribution in [0.3, 0.4) is 0 Å². The number of halogens is 3. The Hall–Kier alpha value is -1.61. The Bertz CT molecular complexity index is 646. The van der Waals surface area contributed by atoms with Crippen molar-refractivity contribution in [1.82, 2.24) is 4.72 Å². The molecular formula is C12H14F3NO4S. The Morgan fingerprint density at radius 1 is 1.19 bits per heavy atom. The number of nitrogens with one attached hydrogen (secondary N) is 1. The highest BCUT2D eigenvalue weighted by Crippen LogP contribution is 2.19. The van der Waals surface area contributed by atoms with Gasteiger partial charge in [-0.1, -0.05) is 13.8 Å². The van der Waals surface area contributed by atoms with Gasteiger partial charge in [0.25, 0.3) is 0 Å². The molecule has 118 valence electrons. The molecule has 0 saturated carbocycles. The van der Waals surface area contributed by atoms with Gasteiger partial charge in [-0.3, -0.25) is 4.79 Å². The van der Waals surface area contributed by atoms with Crippen LogP contribution in [-0.2, 0) is 14.8 Å². The van der Waals surface area contributed by atoms with Crippen LogP contribution < -0.4 is 4.72 Å². The summed E-state index contributed by atoms with van der Waals surface area (Å²) in [5, 5.41) is 8.95. The molecule has 1 aromatic carbocycles. The number of carbonyl (C=O) groups is 1. The SMILES string of the molecule is CC(C)C[C@@H](NS(=O)(=O)c1cc(F)c(F)cc1F)C(=O)O. The minimum Gasteiger partial charge on any atom is -0.480 e. The van der Waals surface area contributed by atoms with Gasteiger partial charge in [0.1, 0.15) is 16.8 Å². The van der Waals surface area contributed by atoms with Gasteiger partial charge in [0.2, 0.25) is 10.0 Å². The maximum atomic E-state index is 13.5. The van der Waals surface area contributed by atoms with Crippen molar-refractivity contribution >= 4 is 16.0 Å². The maximum absolute atomic E-state index is 13.5. The van der Waals surface area contributed by atoms with E-state index >= 15 is 0 Å². The van der Waals surface area contributed by atoms with E-state index in [1.807, 2.05) is 0 Å². The quantitative estimate of drug-likeness (QED) is 0.782. The second-order valence-electron chi connectivity index (χ2n) is 4.84. The molecule has 0 bridgehead atoms. The van der Waals surface area contributed by atoms with Gasteiger partial charge < -0.3 is 5.11 Å². The summed E-state index contributed by atoms with van der Waals surface area (Å²) < 4.78 is 64.9. The Balaban J connectivity index is 3.16. The van der Waals surface area contributed by atoms with Crippen molar-refractivity contribution in [2.24, 2.45) is 5.92 Å². The molecule has 5 nitrogen and oxygen atoms in total. The highest BCUT2D eigenvalue weighted by Gasteiger charge is 2.29. The van der Waals surface area contributed by atoms with Crippen LogP contribution >= 0.6 is 0 Å². The van der Waals surface area contributed by atoms with Crippen LogP contribution in [0.5, 0.6) is 0 Å². The second kappa shape index (κ2) is 6.44. The van der Waals surface area contributed by atoms with Gasteiger partial charge in [0.15, 0.2) is 11.6 Å². The van der Waals surface area contributed by atoms with Crippen molar-refractivity contribution in [2.45, 2.75) is 31.2 Å². The van der Waals surface area contributed by atoms with E-state index in [0.29, 0.717) is 0 Å². The molecular weight excluding hydrogens is 311 g/mol. The predicted molar refractivity (Wildman–Crippen MR) is 67.5 cm³/mol. The lowest BCUT2D eigenvalue weighted by molar-refractivity contribution is -0.139. The van der Waals surface area contributed by atoms with E-state index in [9.17, 15) is 26.4 Å². The van der Waals surface area contributed by atoms with E-state index in [4.69, 9.17) is 5.11 Å². The fourth-order valence-electron chi connectivity index (χ4n) is 1.63. The van der Waals surface area contributed by atoms with Crippen molar-refractivity contribution in [3.05, 3.63) is 29.6 Å². The van der Waals surface area contributed by atoms with Gasteiger partial charge in [-0.2, -0.15) is 4.72 Å². The van der Waals surface area contributed by atoms with Crippen LogP contribution in [0.4, 0.5) is 13.2 Å². The first kappa shape index (κ1) is 17.4. The average Bonchev–Trinajstić information content (AvgIpc) is 2.31. The van der Waals surface area contributed by atoms with Crippen LogP contribution in [0, 0.1) is 23.4 Å². The monoisotopic (exact) mass is 325 g/mol. The molecule has 0 radical (unpaired) electrons. The number of sulfonamides is 1. The zero-order chi connectivity index (χ0) is 16.4. The maximum Gasteiger partial charge on any atom is 0.321 e. The first-order valence-corrected chi connectivity index (χ1v) is 7.42. The molecule has 0 spiro atoms. The molecule has 0 amide bonds. The Morgan fingerprint density at radius 3 is 2.19 bits per heavy atom. The van der Waals surface area contributed by atoms with Crippen LogP contribution in [0.2, 0.25) is 0 Å². The summed E-state index contributed by atoms with van der Waals surface area (Å²) in [5.41, 5.74) is 0. The number of carboxylic acid groups (broad SMARTS) is 1. The van der Waals surface area contributed by atoms with Crippen LogP contribution in [0.15, 0.2) is 17.0 Å². The minimum atomic E-state index is -4.63. The summed E-state index contributed by atoms with van der Waals surface area (Å²) >= 11 is 0. The number of benzene rings is 1. The van der Waals surface area contributed by atoms with Crippen molar-refractivity contribution in [3.8, 4) is 0 Å². The number of hydrogen-bond donors (Lipinski definition) is 2. The lowest BCUT2D eigenvalue weighted by Crippen LogP contribution is -2.41. The molecule has 0 unspecified atom stereocenters. The highest BCUT2D eigenvalue weighted by molar-refractivity contribution is 7.89. The number of carboxylic acids is 1. The van der Waals surface area contributed by atoms with Gasteiger partial charge in [-0.15, -0.1) is 0 Å². The van der Waals surface area contributed by atoms with Crippen molar-refractivity contribution in [1.29, 1.82) is 0 Å². The summed E-state index contributed by atoms with van der Waals surface area (Å²) in [6.45, 7) is 3.34. The van der Waals surface area contributed by atoms with Gasteiger partial charge >= 0.3 is 5.97 Å². The molecule has 1 atom stereocenters. The standard InChI is InChI=1S/C12H14F3NO4S/c1-6(2)3-10(12(17)18)16-21(19,20)11-5-8(14)7(13)4-9(11)15/h4-6,10,16H,3H2,1-2H3,(H,17,18)/t10-/m1/s1. The van der Waals surface area contributed by atoms with Crippen LogP contribution in [0.25, 0.3) is 0 Å². The van der Waals surface area contributed by atoms with Gasteiger partial charge in [-0.25, -0.2) is 21.6 Å². The van der Waals surface area contributed by atoms with Gasteiger partial charge in [0, 0.05) is 6.07 Å². The van der Waals surface area contributed by atoms with E-state index in [1.165, 1.54) is 0 Å². The zero-order valence-electron chi connectivity index (χ0n) is 11.2. The topological polar surface area (TPSA) is 83.5 Å². The molecule has 21 heavy (non-hydrogen) atoms. The molecule has 0 heterocycles. The predicted octanol–water partition coefficient (Wildman–Crippen LogP) is 1.88. The summed E-state index contributed by atoms with van der Waals surface area (Å²) in [6, 6.07) is -1.24. The minimum absolute atomic E-state index is 0.0418. The van der Waals surface area contributed by atoms with E-state index < -0.39 is 44.4 Å².